The third-order valence-corrected chi connectivity index (χ3v) is 6.70. The first kappa shape index (κ1) is 21.8. The van der Waals surface area contributed by atoms with Crippen LogP contribution in [0.2, 0.25) is 0 Å². The fourth-order valence-electron chi connectivity index (χ4n) is 4.50. The number of hydrogen-bond donors (Lipinski definition) is 2. The Labute approximate surface area is 173 Å². The zero-order valence-electron chi connectivity index (χ0n) is 17.4. The van der Waals surface area contributed by atoms with Gasteiger partial charge in [0.2, 0.25) is 5.91 Å². The van der Waals surface area contributed by atoms with Gasteiger partial charge in [-0.3, -0.25) is 4.79 Å². The Morgan fingerprint density at radius 1 is 1.14 bits per heavy atom. The normalized spacial score (nSPS) is 23.2. The van der Waals surface area contributed by atoms with Crippen LogP contribution in [0.15, 0.2) is 24.3 Å². The quantitative estimate of drug-likeness (QED) is 0.660. The number of hydrogen-bond acceptors (Lipinski definition) is 4. The van der Waals surface area contributed by atoms with Crippen LogP contribution >= 0.6 is 0 Å². The van der Waals surface area contributed by atoms with E-state index in [1.807, 2.05) is 18.0 Å². The van der Waals surface area contributed by atoms with Gasteiger partial charge in [-0.1, -0.05) is 31.0 Å². The molecule has 1 aromatic rings. The van der Waals surface area contributed by atoms with E-state index in [0.29, 0.717) is 42.2 Å². The minimum absolute atomic E-state index is 0.0947. The molecule has 160 valence electrons. The number of likely N-dealkylation sites (N-methyl/N-ethyl adjacent to an activating group) is 1. The largest absolute Gasteiger partial charge is 0.478 e. The maximum absolute atomic E-state index is 12.5. The molecule has 1 atom stereocenters. The molecule has 2 aliphatic carbocycles. The van der Waals surface area contributed by atoms with E-state index in [0.717, 1.165) is 44.9 Å². The molecular weight excluding hydrogens is 368 g/mol. The van der Waals surface area contributed by atoms with Crippen molar-refractivity contribution >= 4 is 11.9 Å². The Morgan fingerprint density at radius 3 is 2.41 bits per heavy atom. The number of carbonyl (C=O) groups is 2. The van der Waals surface area contributed by atoms with E-state index in [1.54, 1.807) is 18.2 Å². The number of benzene rings is 1. The zero-order valence-corrected chi connectivity index (χ0v) is 17.4. The molecule has 3 N–H and O–H groups in total. The molecule has 2 fully saturated rings. The van der Waals surface area contributed by atoms with Crippen LogP contribution in [0.1, 0.15) is 67.3 Å². The fraction of sp³-hybridized carbons (Fsp3) is 0.652. The first-order valence-corrected chi connectivity index (χ1v) is 10.9. The highest BCUT2D eigenvalue weighted by Crippen LogP contribution is 2.32. The van der Waals surface area contributed by atoms with E-state index >= 15 is 0 Å². The van der Waals surface area contributed by atoms with Crippen LogP contribution < -0.4 is 5.73 Å². The van der Waals surface area contributed by atoms with Crippen LogP contribution in [-0.2, 0) is 16.1 Å². The van der Waals surface area contributed by atoms with Gasteiger partial charge in [-0.2, -0.15) is 0 Å². The van der Waals surface area contributed by atoms with Crippen molar-refractivity contribution in [1.82, 2.24) is 4.90 Å². The molecule has 1 aromatic carbocycles. The molecular formula is C23H34N2O4. The van der Waals surface area contributed by atoms with E-state index in [2.05, 4.69) is 0 Å². The minimum atomic E-state index is -0.918. The molecule has 0 aromatic heterocycles. The molecule has 0 bridgehead atoms. The summed E-state index contributed by atoms with van der Waals surface area (Å²) in [6.07, 6.45) is 8.51. The maximum Gasteiger partial charge on any atom is 0.336 e. The summed E-state index contributed by atoms with van der Waals surface area (Å²) in [5.41, 5.74) is 7.24. The number of ether oxygens (including phenoxy) is 1. The van der Waals surface area contributed by atoms with E-state index < -0.39 is 5.97 Å². The second-order valence-corrected chi connectivity index (χ2v) is 8.74. The lowest BCUT2D eigenvalue weighted by Gasteiger charge is -2.37. The van der Waals surface area contributed by atoms with Crippen LogP contribution in [0.25, 0.3) is 0 Å². The van der Waals surface area contributed by atoms with Crippen molar-refractivity contribution in [3.63, 3.8) is 0 Å². The predicted octanol–water partition coefficient (Wildman–Crippen LogP) is 3.44. The summed E-state index contributed by atoms with van der Waals surface area (Å²) in [7, 11) is 1.89. The standard InChI is InChI=1S/C23H34N2O4/c1-25(19-6-4-7-19)22(26)21(24)13-16-9-11-17(12-10-16)14-29-15-18-5-2-3-8-20(18)23(27)28/h2-3,5,8,16-17,19,21H,4,6-7,9-15,24H2,1H3,(H,27,28)/t16?,17?,21-/m0/s1. The third-order valence-electron chi connectivity index (χ3n) is 6.70. The second kappa shape index (κ2) is 10.2. The minimum Gasteiger partial charge on any atom is -0.478 e. The number of aromatic carboxylic acids is 1. The average molecular weight is 403 g/mol. The summed E-state index contributed by atoms with van der Waals surface area (Å²) in [6.45, 7) is 0.978. The number of nitrogens with zero attached hydrogens (tertiary/aromatic N) is 1. The van der Waals surface area contributed by atoms with E-state index in [4.69, 9.17) is 10.5 Å². The van der Waals surface area contributed by atoms with Gasteiger partial charge in [-0.15, -0.1) is 0 Å². The lowest BCUT2D eigenvalue weighted by Crippen LogP contribution is -2.49. The van der Waals surface area contributed by atoms with Gasteiger partial charge in [-0.05, 0) is 62.0 Å². The number of carboxylic acid groups (broad SMARTS) is 1. The van der Waals surface area contributed by atoms with Crippen molar-refractivity contribution in [3.8, 4) is 0 Å². The summed E-state index contributed by atoms with van der Waals surface area (Å²) in [5, 5.41) is 9.24. The monoisotopic (exact) mass is 402 g/mol. The number of nitrogens with two attached hydrogens (primary N) is 1. The van der Waals surface area contributed by atoms with E-state index in [-0.39, 0.29) is 11.9 Å². The first-order chi connectivity index (χ1) is 14.0. The van der Waals surface area contributed by atoms with Crippen LogP contribution in [0.4, 0.5) is 0 Å². The third kappa shape index (κ3) is 5.80. The van der Waals surface area contributed by atoms with Crippen molar-refractivity contribution in [3.05, 3.63) is 35.4 Å². The lowest BCUT2D eigenvalue weighted by atomic mass is 9.79. The van der Waals surface area contributed by atoms with Gasteiger partial charge in [0.15, 0.2) is 0 Å². The van der Waals surface area contributed by atoms with Crippen LogP contribution in [0, 0.1) is 11.8 Å². The molecule has 6 nitrogen and oxygen atoms in total. The molecule has 0 spiro atoms. The zero-order chi connectivity index (χ0) is 20.8. The molecule has 0 unspecified atom stereocenters. The molecule has 0 aliphatic heterocycles. The van der Waals surface area contributed by atoms with Crippen molar-refractivity contribution in [2.24, 2.45) is 17.6 Å². The molecule has 29 heavy (non-hydrogen) atoms. The van der Waals surface area contributed by atoms with Crippen LogP contribution in [0.3, 0.4) is 0 Å². The first-order valence-electron chi connectivity index (χ1n) is 10.9. The van der Waals surface area contributed by atoms with Gasteiger partial charge in [0, 0.05) is 19.7 Å². The highest BCUT2D eigenvalue weighted by atomic mass is 16.5. The number of carboxylic acids is 1. The second-order valence-electron chi connectivity index (χ2n) is 8.74. The molecule has 1 amide bonds. The maximum atomic E-state index is 12.5. The van der Waals surface area contributed by atoms with Crippen molar-refractivity contribution in [2.75, 3.05) is 13.7 Å². The van der Waals surface area contributed by atoms with Gasteiger partial charge in [0.1, 0.15) is 0 Å². The highest BCUT2D eigenvalue weighted by Gasteiger charge is 2.31. The fourth-order valence-corrected chi connectivity index (χ4v) is 4.50. The Hall–Kier alpha value is -1.92. The van der Waals surface area contributed by atoms with E-state index in [1.165, 1.54) is 6.42 Å². The summed E-state index contributed by atoms with van der Waals surface area (Å²) in [4.78, 5) is 25.6. The molecule has 0 radical (unpaired) electrons. The Kier molecular flexibility index (Phi) is 7.67. The average Bonchev–Trinajstić information content (AvgIpc) is 2.67. The summed E-state index contributed by atoms with van der Waals surface area (Å²) < 4.78 is 5.83. The van der Waals surface area contributed by atoms with Gasteiger partial charge in [0.05, 0.1) is 18.2 Å². The molecule has 6 heteroatoms. The molecule has 3 rings (SSSR count). The molecule has 0 heterocycles. The van der Waals surface area contributed by atoms with Crippen molar-refractivity contribution in [1.29, 1.82) is 0 Å². The van der Waals surface area contributed by atoms with Gasteiger partial charge < -0.3 is 20.5 Å². The Balaban J connectivity index is 1.36. The Morgan fingerprint density at radius 2 is 1.79 bits per heavy atom. The number of amides is 1. The summed E-state index contributed by atoms with van der Waals surface area (Å²) >= 11 is 0. The number of rotatable bonds is 9. The topological polar surface area (TPSA) is 92.9 Å². The summed E-state index contributed by atoms with van der Waals surface area (Å²) in [6, 6.07) is 6.99. The van der Waals surface area contributed by atoms with Crippen molar-refractivity contribution in [2.45, 2.75) is 70.1 Å². The lowest BCUT2D eigenvalue weighted by molar-refractivity contribution is -0.135. The van der Waals surface area contributed by atoms with Crippen LogP contribution in [0.5, 0.6) is 0 Å². The summed E-state index contributed by atoms with van der Waals surface area (Å²) in [5.74, 6) is 0.177. The predicted molar refractivity (Wildman–Crippen MR) is 112 cm³/mol. The van der Waals surface area contributed by atoms with Gasteiger partial charge >= 0.3 is 5.97 Å². The Bertz CT molecular complexity index is 696. The molecule has 2 saturated carbocycles. The number of carbonyl (C=O) groups excluding carboxylic acids is 1. The smallest absolute Gasteiger partial charge is 0.336 e. The SMILES string of the molecule is CN(C(=O)[C@@H](N)CC1CCC(COCc2ccccc2C(=O)O)CC1)C1CCC1. The van der Waals surface area contributed by atoms with Gasteiger partial charge in [-0.25, -0.2) is 4.79 Å². The van der Waals surface area contributed by atoms with E-state index in [9.17, 15) is 14.7 Å². The van der Waals surface area contributed by atoms with Crippen LogP contribution in [-0.4, -0.2) is 47.6 Å². The molecule has 2 aliphatic rings. The highest BCUT2D eigenvalue weighted by molar-refractivity contribution is 5.89. The van der Waals surface area contributed by atoms with Gasteiger partial charge in [0.25, 0.3) is 0 Å². The molecule has 0 saturated heterocycles. The van der Waals surface area contributed by atoms with Crippen molar-refractivity contribution < 1.29 is 19.4 Å².